The van der Waals surface area contributed by atoms with Crippen molar-refractivity contribution in [2.75, 3.05) is 7.05 Å². The zero-order chi connectivity index (χ0) is 13.8. The molecule has 0 bridgehead atoms. The van der Waals surface area contributed by atoms with Crippen LogP contribution >= 0.6 is 22.6 Å². The van der Waals surface area contributed by atoms with Crippen molar-refractivity contribution in [3.05, 3.63) is 63.2 Å². The molecule has 0 aliphatic heterocycles. The molecule has 2 aromatic rings. The predicted octanol–water partition coefficient (Wildman–Crippen LogP) is 3.27. The van der Waals surface area contributed by atoms with Gasteiger partial charge in [0.2, 0.25) is 0 Å². The monoisotopic (exact) mass is 367 g/mol. The molecule has 2 rings (SSSR count). The summed E-state index contributed by atoms with van der Waals surface area (Å²) in [5.41, 5.74) is 1.60. The Morgan fingerprint density at radius 1 is 1.21 bits per heavy atom. The summed E-state index contributed by atoms with van der Waals surface area (Å²) in [6.07, 6.45) is 0. The Hall–Kier alpha value is -1.56. The lowest BCUT2D eigenvalue weighted by Crippen LogP contribution is -2.26. The van der Waals surface area contributed by atoms with E-state index in [2.05, 4.69) is 22.6 Å². The summed E-state index contributed by atoms with van der Waals surface area (Å²) in [6, 6.07) is 14.4. The minimum Gasteiger partial charge on any atom is -0.508 e. The Balaban J connectivity index is 2.14. The van der Waals surface area contributed by atoms with E-state index < -0.39 is 0 Å². The van der Waals surface area contributed by atoms with Gasteiger partial charge in [0.1, 0.15) is 5.75 Å². The molecule has 0 saturated heterocycles. The summed E-state index contributed by atoms with van der Waals surface area (Å²) < 4.78 is 0.938. The number of nitrogens with zero attached hydrogens (tertiary/aromatic N) is 1. The van der Waals surface area contributed by atoms with Crippen LogP contribution in [0.2, 0.25) is 0 Å². The Bertz CT molecular complexity index is 598. The molecule has 0 unspecified atom stereocenters. The number of benzene rings is 2. The van der Waals surface area contributed by atoms with E-state index >= 15 is 0 Å². The molecule has 3 nitrogen and oxygen atoms in total. The standard InChI is InChI=1S/C15H14INO2/c1-17(10-11-5-4-6-12(18)9-11)15(19)13-7-2-3-8-14(13)16/h2-9,18H,10H2,1H3. The number of amides is 1. The van der Waals surface area contributed by atoms with E-state index in [0.717, 1.165) is 9.13 Å². The molecule has 0 aliphatic rings. The van der Waals surface area contributed by atoms with Gasteiger partial charge in [-0.1, -0.05) is 24.3 Å². The number of hydrogen-bond donors (Lipinski definition) is 1. The van der Waals surface area contributed by atoms with Gasteiger partial charge in [-0.15, -0.1) is 0 Å². The van der Waals surface area contributed by atoms with Gasteiger partial charge in [0.05, 0.1) is 5.56 Å². The Morgan fingerprint density at radius 3 is 2.63 bits per heavy atom. The molecule has 0 aliphatic carbocycles. The molecule has 2 aromatic carbocycles. The van der Waals surface area contributed by atoms with E-state index in [0.29, 0.717) is 12.1 Å². The van der Waals surface area contributed by atoms with Crippen molar-refractivity contribution < 1.29 is 9.90 Å². The number of rotatable bonds is 3. The third kappa shape index (κ3) is 3.47. The largest absolute Gasteiger partial charge is 0.508 e. The van der Waals surface area contributed by atoms with Crippen LogP contribution in [0.4, 0.5) is 0 Å². The van der Waals surface area contributed by atoms with E-state index in [1.165, 1.54) is 0 Å². The summed E-state index contributed by atoms with van der Waals surface area (Å²) in [6.45, 7) is 0.470. The van der Waals surface area contributed by atoms with Gasteiger partial charge in [-0.3, -0.25) is 4.79 Å². The highest BCUT2D eigenvalue weighted by molar-refractivity contribution is 14.1. The highest BCUT2D eigenvalue weighted by Crippen LogP contribution is 2.16. The van der Waals surface area contributed by atoms with E-state index in [1.807, 2.05) is 30.3 Å². The highest BCUT2D eigenvalue weighted by atomic mass is 127. The molecule has 0 radical (unpaired) electrons. The number of hydrogen-bond acceptors (Lipinski definition) is 2. The van der Waals surface area contributed by atoms with Gasteiger partial charge in [0.25, 0.3) is 5.91 Å². The summed E-state index contributed by atoms with van der Waals surface area (Å²) in [5, 5.41) is 9.42. The van der Waals surface area contributed by atoms with E-state index in [1.54, 1.807) is 30.1 Å². The molecular formula is C15H14INO2. The average Bonchev–Trinajstić information content (AvgIpc) is 2.38. The normalized spacial score (nSPS) is 10.2. The first-order chi connectivity index (χ1) is 9.08. The van der Waals surface area contributed by atoms with Crippen LogP contribution in [-0.4, -0.2) is 23.0 Å². The van der Waals surface area contributed by atoms with Crippen LogP contribution in [-0.2, 0) is 6.54 Å². The van der Waals surface area contributed by atoms with Gasteiger partial charge < -0.3 is 10.0 Å². The average molecular weight is 367 g/mol. The lowest BCUT2D eigenvalue weighted by Gasteiger charge is -2.18. The molecule has 0 fully saturated rings. The van der Waals surface area contributed by atoms with Crippen LogP contribution < -0.4 is 0 Å². The van der Waals surface area contributed by atoms with Crippen molar-refractivity contribution in [2.24, 2.45) is 0 Å². The molecular weight excluding hydrogens is 353 g/mol. The lowest BCUT2D eigenvalue weighted by atomic mass is 10.1. The quantitative estimate of drug-likeness (QED) is 0.846. The third-order valence-electron chi connectivity index (χ3n) is 2.78. The van der Waals surface area contributed by atoms with Gasteiger partial charge in [-0.25, -0.2) is 0 Å². The van der Waals surface area contributed by atoms with Gasteiger partial charge in [0, 0.05) is 17.2 Å². The highest BCUT2D eigenvalue weighted by Gasteiger charge is 2.14. The van der Waals surface area contributed by atoms with E-state index in [4.69, 9.17) is 0 Å². The first kappa shape index (κ1) is 13.9. The smallest absolute Gasteiger partial charge is 0.254 e. The van der Waals surface area contributed by atoms with Crippen molar-refractivity contribution in [3.63, 3.8) is 0 Å². The fraction of sp³-hybridized carbons (Fsp3) is 0.133. The number of aromatic hydroxyl groups is 1. The summed E-state index contributed by atoms with van der Waals surface area (Å²) in [5.74, 6) is 0.195. The maximum absolute atomic E-state index is 12.3. The number of carbonyl (C=O) groups excluding carboxylic acids is 1. The summed E-state index contributed by atoms with van der Waals surface area (Å²) in [4.78, 5) is 14.0. The second-order valence-electron chi connectivity index (χ2n) is 4.31. The fourth-order valence-electron chi connectivity index (χ4n) is 1.84. The zero-order valence-corrected chi connectivity index (χ0v) is 12.7. The first-order valence-electron chi connectivity index (χ1n) is 5.86. The van der Waals surface area contributed by atoms with E-state index in [9.17, 15) is 9.90 Å². The third-order valence-corrected chi connectivity index (χ3v) is 3.72. The first-order valence-corrected chi connectivity index (χ1v) is 6.93. The fourth-order valence-corrected chi connectivity index (χ4v) is 2.46. The van der Waals surface area contributed by atoms with Gasteiger partial charge >= 0.3 is 0 Å². The molecule has 19 heavy (non-hydrogen) atoms. The summed E-state index contributed by atoms with van der Waals surface area (Å²) in [7, 11) is 1.76. The molecule has 1 N–H and O–H groups in total. The molecule has 0 aromatic heterocycles. The Labute approximate surface area is 126 Å². The van der Waals surface area contributed by atoms with E-state index in [-0.39, 0.29) is 11.7 Å². The van der Waals surface area contributed by atoms with Crippen LogP contribution in [0.3, 0.4) is 0 Å². The Kier molecular flexibility index (Phi) is 4.42. The second kappa shape index (κ2) is 6.06. The van der Waals surface area contributed by atoms with Crippen LogP contribution in [0, 0.1) is 3.57 Å². The van der Waals surface area contributed by atoms with Crippen molar-refractivity contribution in [2.45, 2.75) is 6.54 Å². The van der Waals surface area contributed by atoms with Crippen molar-refractivity contribution in [1.82, 2.24) is 4.90 Å². The number of halogens is 1. The Morgan fingerprint density at radius 2 is 1.95 bits per heavy atom. The minimum absolute atomic E-state index is 0.0201. The van der Waals surface area contributed by atoms with Crippen LogP contribution in [0.5, 0.6) is 5.75 Å². The topological polar surface area (TPSA) is 40.5 Å². The molecule has 1 amide bonds. The van der Waals surface area contributed by atoms with Crippen molar-refractivity contribution >= 4 is 28.5 Å². The van der Waals surface area contributed by atoms with Crippen LogP contribution in [0.25, 0.3) is 0 Å². The maximum Gasteiger partial charge on any atom is 0.254 e. The molecule has 0 heterocycles. The number of phenols is 1. The van der Waals surface area contributed by atoms with Gasteiger partial charge in [-0.2, -0.15) is 0 Å². The zero-order valence-electron chi connectivity index (χ0n) is 10.5. The van der Waals surface area contributed by atoms with Crippen LogP contribution in [0.15, 0.2) is 48.5 Å². The van der Waals surface area contributed by atoms with Crippen molar-refractivity contribution in [3.8, 4) is 5.75 Å². The molecule has 0 saturated carbocycles. The minimum atomic E-state index is -0.0201. The molecule has 0 atom stereocenters. The lowest BCUT2D eigenvalue weighted by molar-refractivity contribution is 0.0784. The van der Waals surface area contributed by atoms with Gasteiger partial charge in [-0.05, 0) is 52.4 Å². The number of phenolic OH excluding ortho intramolecular Hbond substituents is 1. The number of carbonyl (C=O) groups is 1. The van der Waals surface area contributed by atoms with Crippen LogP contribution in [0.1, 0.15) is 15.9 Å². The van der Waals surface area contributed by atoms with Gasteiger partial charge in [0.15, 0.2) is 0 Å². The maximum atomic E-state index is 12.3. The van der Waals surface area contributed by atoms with Crippen molar-refractivity contribution in [1.29, 1.82) is 0 Å². The predicted molar refractivity (Wildman–Crippen MR) is 83.1 cm³/mol. The molecule has 4 heteroatoms. The molecule has 98 valence electrons. The molecule has 0 spiro atoms. The second-order valence-corrected chi connectivity index (χ2v) is 5.47. The SMILES string of the molecule is CN(Cc1cccc(O)c1)C(=O)c1ccccc1I. The summed E-state index contributed by atoms with van der Waals surface area (Å²) >= 11 is 2.16.